The lowest BCUT2D eigenvalue weighted by atomic mass is 9.88. The Morgan fingerprint density at radius 1 is 1.10 bits per heavy atom. The SMILES string of the molecule is O=C(CN1C(=O)O[C@@]2(CCc3cc(NC(=O)C4CNC4)ccc32)C1=O)NC(c1ccc(F)cc1)C(C1CC1)C(F)(F)F. The molecule has 3 N–H and O–H groups in total. The van der Waals surface area contributed by atoms with Gasteiger partial charge in [-0.05, 0) is 60.6 Å². The van der Waals surface area contributed by atoms with Gasteiger partial charge in [0.25, 0.3) is 5.91 Å². The Bertz CT molecular complexity index is 1440. The number of carbonyl (C=O) groups excluding carboxylic acids is 4. The van der Waals surface area contributed by atoms with Gasteiger partial charge >= 0.3 is 12.3 Å². The summed E-state index contributed by atoms with van der Waals surface area (Å²) in [5.74, 6) is -5.30. The van der Waals surface area contributed by atoms with Crippen LogP contribution in [0.1, 0.15) is 42.0 Å². The molecule has 2 aliphatic heterocycles. The lowest BCUT2D eigenvalue weighted by Crippen LogP contribution is -2.48. The summed E-state index contributed by atoms with van der Waals surface area (Å²) < 4.78 is 61.4. The average molecular weight is 589 g/mol. The third-order valence-electron chi connectivity index (χ3n) is 8.49. The van der Waals surface area contributed by atoms with E-state index in [1.54, 1.807) is 18.2 Å². The number of alkyl halides is 3. The van der Waals surface area contributed by atoms with Crippen LogP contribution in [0.3, 0.4) is 0 Å². The van der Waals surface area contributed by atoms with Crippen LogP contribution in [0.15, 0.2) is 42.5 Å². The van der Waals surface area contributed by atoms with Crippen LogP contribution in [0.25, 0.3) is 0 Å². The van der Waals surface area contributed by atoms with E-state index in [1.165, 1.54) is 12.1 Å². The molecule has 1 saturated carbocycles. The highest BCUT2D eigenvalue weighted by Crippen LogP contribution is 2.51. The summed E-state index contributed by atoms with van der Waals surface area (Å²) in [6.45, 7) is 0.344. The van der Waals surface area contributed by atoms with E-state index in [0.29, 0.717) is 54.1 Å². The Hall–Kier alpha value is -4.00. The zero-order valence-electron chi connectivity index (χ0n) is 22.3. The first kappa shape index (κ1) is 28.1. The summed E-state index contributed by atoms with van der Waals surface area (Å²) >= 11 is 0. The normalized spacial score (nSPS) is 23.3. The van der Waals surface area contributed by atoms with Crippen molar-refractivity contribution in [2.45, 2.75) is 43.5 Å². The maximum Gasteiger partial charge on any atom is 0.418 e. The monoisotopic (exact) mass is 588 g/mol. The maximum absolute atomic E-state index is 14.1. The summed E-state index contributed by atoms with van der Waals surface area (Å²) in [6, 6.07) is 7.77. The van der Waals surface area contributed by atoms with Crippen LogP contribution in [0.4, 0.5) is 28.0 Å². The molecule has 2 aromatic rings. The zero-order valence-corrected chi connectivity index (χ0v) is 22.3. The number of ether oxygens (including phenoxy) is 1. The minimum atomic E-state index is -4.65. The number of hydrogen-bond donors (Lipinski definition) is 3. The largest absolute Gasteiger partial charge is 0.427 e. The Balaban J connectivity index is 1.19. The van der Waals surface area contributed by atoms with E-state index in [0.717, 1.165) is 12.1 Å². The molecule has 2 aromatic carbocycles. The van der Waals surface area contributed by atoms with E-state index in [9.17, 15) is 36.7 Å². The molecule has 0 aromatic heterocycles. The first-order valence-electron chi connectivity index (χ1n) is 13.8. The van der Waals surface area contributed by atoms with Gasteiger partial charge in [0.2, 0.25) is 17.4 Å². The highest BCUT2D eigenvalue weighted by molar-refractivity contribution is 6.06. The first-order valence-corrected chi connectivity index (χ1v) is 13.8. The number of amides is 4. The fourth-order valence-electron chi connectivity index (χ4n) is 6.05. The number of hydrogen-bond acceptors (Lipinski definition) is 6. The van der Waals surface area contributed by atoms with Gasteiger partial charge < -0.3 is 20.7 Å². The van der Waals surface area contributed by atoms with E-state index in [2.05, 4.69) is 16.0 Å². The number of fused-ring (bicyclic) bond motifs is 2. The Morgan fingerprint density at radius 3 is 2.43 bits per heavy atom. The molecule has 0 bridgehead atoms. The molecule has 1 spiro atoms. The van der Waals surface area contributed by atoms with Crippen LogP contribution < -0.4 is 16.0 Å². The van der Waals surface area contributed by atoms with Gasteiger partial charge in [0.1, 0.15) is 12.4 Å². The van der Waals surface area contributed by atoms with Gasteiger partial charge in [0.05, 0.1) is 17.9 Å². The molecule has 2 saturated heterocycles. The molecule has 4 aliphatic rings. The number of imide groups is 1. The number of benzene rings is 2. The molecule has 4 amide bonds. The summed E-state index contributed by atoms with van der Waals surface area (Å²) in [4.78, 5) is 52.4. The predicted octanol–water partition coefficient (Wildman–Crippen LogP) is 3.55. The smallest absolute Gasteiger partial charge is 0.418 e. The highest BCUT2D eigenvalue weighted by Gasteiger charge is 2.59. The van der Waals surface area contributed by atoms with Crippen molar-refractivity contribution in [3.05, 3.63) is 65.0 Å². The summed E-state index contributed by atoms with van der Waals surface area (Å²) in [5.41, 5.74) is 0.0683. The quantitative estimate of drug-likeness (QED) is 0.407. The van der Waals surface area contributed by atoms with Crippen LogP contribution in [-0.2, 0) is 31.1 Å². The third kappa shape index (κ3) is 5.10. The second-order valence-corrected chi connectivity index (χ2v) is 11.3. The molecule has 42 heavy (non-hydrogen) atoms. The molecule has 222 valence electrons. The Labute approximate surface area is 238 Å². The van der Waals surface area contributed by atoms with E-state index in [4.69, 9.17) is 4.74 Å². The van der Waals surface area contributed by atoms with Gasteiger partial charge in [-0.15, -0.1) is 0 Å². The van der Waals surface area contributed by atoms with Gasteiger partial charge in [-0.25, -0.2) is 14.1 Å². The van der Waals surface area contributed by atoms with Crippen LogP contribution >= 0.6 is 0 Å². The minimum absolute atomic E-state index is 0.0620. The second-order valence-electron chi connectivity index (χ2n) is 11.3. The van der Waals surface area contributed by atoms with Crippen molar-refractivity contribution in [2.24, 2.45) is 17.8 Å². The van der Waals surface area contributed by atoms with E-state index in [1.807, 2.05) is 0 Å². The number of nitrogens with one attached hydrogen (secondary N) is 3. The van der Waals surface area contributed by atoms with Crippen LogP contribution in [-0.4, -0.2) is 54.5 Å². The van der Waals surface area contributed by atoms with Crippen molar-refractivity contribution >= 4 is 29.5 Å². The second kappa shape index (κ2) is 10.4. The van der Waals surface area contributed by atoms with E-state index in [-0.39, 0.29) is 23.8 Å². The van der Waals surface area contributed by atoms with Crippen LogP contribution in [0.2, 0.25) is 0 Å². The third-order valence-corrected chi connectivity index (χ3v) is 8.49. The van der Waals surface area contributed by atoms with Crippen molar-refractivity contribution in [3.8, 4) is 0 Å². The summed E-state index contributed by atoms with van der Waals surface area (Å²) in [5, 5.41) is 8.23. The minimum Gasteiger partial charge on any atom is -0.427 e. The van der Waals surface area contributed by atoms with Crippen LogP contribution in [0.5, 0.6) is 0 Å². The number of halogens is 4. The molecule has 9 nitrogen and oxygen atoms in total. The van der Waals surface area contributed by atoms with E-state index < -0.39 is 59.9 Å². The molecule has 2 heterocycles. The van der Waals surface area contributed by atoms with Crippen molar-refractivity contribution in [1.29, 1.82) is 0 Å². The molecule has 3 atom stereocenters. The van der Waals surface area contributed by atoms with Crippen molar-refractivity contribution < 1.29 is 41.5 Å². The standard InChI is InChI=1S/C29H28F4N4O5/c30-19-5-3-16(4-6-19)24(23(15-1-2-15)29(31,32)33)36-22(38)14-37-26(40)28(42-27(37)41)10-9-17-11-20(7-8-21(17)28)35-25(39)18-12-34-13-18/h3-8,11,15,18,23-24,34H,1-2,9-10,12-14H2,(H,35,39)(H,36,38)/t23?,24?,28-/m1/s1. The zero-order chi connectivity index (χ0) is 29.8. The van der Waals surface area contributed by atoms with Gasteiger partial charge in [-0.3, -0.25) is 14.4 Å². The number of nitrogens with zero attached hydrogens (tertiary/aromatic N) is 1. The fraction of sp³-hybridized carbons (Fsp3) is 0.448. The number of carbonyl (C=O) groups is 4. The summed E-state index contributed by atoms with van der Waals surface area (Å²) in [6.07, 6.45) is -4.58. The average Bonchev–Trinajstić information content (AvgIpc) is 3.61. The topological polar surface area (TPSA) is 117 Å². The summed E-state index contributed by atoms with van der Waals surface area (Å²) in [7, 11) is 0. The van der Waals surface area contributed by atoms with Crippen molar-refractivity contribution in [3.63, 3.8) is 0 Å². The van der Waals surface area contributed by atoms with Gasteiger partial charge in [0, 0.05) is 30.8 Å². The van der Waals surface area contributed by atoms with Gasteiger partial charge in [-0.1, -0.05) is 18.2 Å². The molecule has 6 rings (SSSR count). The van der Waals surface area contributed by atoms with Crippen molar-refractivity contribution in [1.82, 2.24) is 15.5 Å². The van der Waals surface area contributed by atoms with Gasteiger partial charge in [0.15, 0.2) is 0 Å². The highest BCUT2D eigenvalue weighted by atomic mass is 19.4. The lowest BCUT2D eigenvalue weighted by molar-refractivity contribution is -0.189. The Kier molecular flexibility index (Phi) is 6.95. The Morgan fingerprint density at radius 2 is 1.81 bits per heavy atom. The van der Waals surface area contributed by atoms with Crippen molar-refractivity contribution in [2.75, 3.05) is 25.0 Å². The number of anilines is 1. The first-order chi connectivity index (χ1) is 20.0. The van der Waals surface area contributed by atoms with Crippen LogP contribution in [0, 0.1) is 23.6 Å². The predicted molar refractivity (Wildman–Crippen MR) is 139 cm³/mol. The van der Waals surface area contributed by atoms with Gasteiger partial charge in [-0.2, -0.15) is 13.2 Å². The molecule has 13 heteroatoms. The number of aryl methyl sites for hydroxylation is 1. The lowest BCUT2D eigenvalue weighted by Gasteiger charge is -2.30. The molecule has 2 unspecified atom stereocenters. The number of rotatable bonds is 8. The molecule has 0 radical (unpaired) electrons. The molecular weight excluding hydrogens is 560 g/mol. The van der Waals surface area contributed by atoms with E-state index >= 15 is 0 Å². The molecule has 2 aliphatic carbocycles. The molecule has 3 fully saturated rings. The molecular formula is C29H28F4N4O5. The maximum atomic E-state index is 14.1. The fourth-order valence-corrected chi connectivity index (χ4v) is 6.05.